The average molecular weight is 408 g/mol. The number of nitriles is 1. The topological polar surface area (TPSA) is 89.8 Å². The zero-order valence-electron chi connectivity index (χ0n) is 16.6. The van der Waals surface area contributed by atoms with Crippen molar-refractivity contribution in [3.05, 3.63) is 24.0 Å². The summed E-state index contributed by atoms with van der Waals surface area (Å²) in [5.74, 6) is -0.364. The summed E-state index contributed by atoms with van der Waals surface area (Å²) < 4.78 is 19.9. The molecule has 0 bridgehead atoms. The van der Waals surface area contributed by atoms with Crippen LogP contribution in [0.2, 0.25) is 0 Å². The smallest absolute Gasteiger partial charge is 0.407 e. The number of ether oxygens (including phenoxy) is 1. The number of nitrogens with zero attached hydrogens (tertiary/aromatic N) is 3. The molecule has 1 aliphatic rings. The molecule has 152 valence electrons. The van der Waals surface area contributed by atoms with Crippen LogP contribution < -0.4 is 15.5 Å². The Morgan fingerprint density at radius 3 is 2.64 bits per heavy atom. The number of para-hydroxylation sites is 1. The number of aliphatic imine (C=N–C) groups is 1. The van der Waals surface area contributed by atoms with Crippen LogP contribution in [0.15, 0.2) is 23.2 Å². The monoisotopic (exact) mass is 407 g/mol. The van der Waals surface area contributed by atoms with Crippen molar-refractivity contribution in [2.24, 2.45) is 4.99 Å². The highest BCUT2D eigenvalue weighted by Crippen LogP contribution is 2.34. The molecule has 0 aromatic heterocycles. The van der Waals surface area contributed by atoms with Crippen LogP contribution in [0.3, 0.4) is 0 Å². The van der Waals surface area contributed by atoms with Crippen LogP contribution in [0.25, 0.3) is 0 Å². The summed E-state index contributed by atoms with van der Waals surface area (Å²) in [4.78, 5) is 18.2. The Labute approximate surface area is 169 Å². The molecule has 28 heavy (non-hydrogen) atoms. The van der Waals surface area contributed by atoms with Crippen LogP contribution in [0.5, 0.6) is 0 Å². The fourth-order valence-corrected chi connectivity index (χ4v) is 3.25. The zero-order valence-corrected chi connectivity index (χ0v) is 17.4. The van der Waals surface area contributed by atoms with E-state index in [-0.39, 0.29) is 11.9 Å². The van der Waals surface area contributed by atoms with Gasteiger partial charge in [0, 0.05) is 19.1 Å². The summed E-state index contributed by atoms with van der Waals surface area (Å²) >= 11 is 1.28. The molecule has 0 saturated carbocycles. The van der Waals surface area contributed by atoms with Gasteiger partial charge in [0.05, 0.1) is 11.4 Å². The molecule has 0 aliphatic carbocycles. The lowest BCUT2D eigenvalue weighted by molar-refractivity contribution is 0.0497. The molecule has 2 rings (SSSR count). The minimum Gasteiger partial charge on any atom is -0.444 e. The Kier molecular flexibility index (Phi) is 7.52. The second-order valence-electron chi connectivity index (χ2n) is 7.37. The molecule has 0 unspecified atom stereocenters. The molecule has 1 saturated heterocycles. The van der Waals surface area contributed by atoms with E-state index in [4.69, 9.17) is 10.00 Å². The van der Waals surface area contributed by atoms with E-state index in [9.17, 15) is 9.18 Å². The molecule has 0 radical (unpaired) electrons. The van der Waals surface area contributed by atoms with Gasteiger partial charge in [-0.15, -0.1) is 0 Å². The zero-order chi connectivity index (χ0) is 20.7. The SMILES string of the molecule is CSC(=Nc1cccc(F)c1N1CCC(NC(=O)OC(C)(C)C)CC1)NC#N. The van der Waals surface area contributed by atoms with Gasteiger partial charge in [-0.25, -0.2) is 14.2 Å². The third-order valence-electron chi connectivity index (χ3n) is 4.08. The summed E-state index contributed by atoms with van der Waals surface area (Å²) in [5, 5.41) is 14.6. The Balaban J connectivity index is 2.08. The fraction of sp³-hybridized carbons (Fsp3) is 0.526. The Bertz CT molecular complexity index is 765. The highest BCUT2D eigenvalue weighted by atomic mass is 32.2. The number of nitrogens with one attached hydrogen (secondary N) is 2. The first-order chi connectivity index (χ1) is 13.2. The molecular weight excluding hydrogens is 381 g/mol. The molecule has 1 aliphatic heterocycles. The van der Waals surface area contributed by atoms with Gasteiger partial charge in [0.2, 0.25) is 0 Å². The summed E-state index contributed by atoms with van der Waals surface area (Å²) in [7, 11) is 0. The van der Waals surface area contributed by atoms with E-state index in [2.05, 4.69) is 15.6 Å². The quantitative estimate of drug-likeness (QED) is 0.343. The number of halogens is 1. The summed E-state index contributed by atoms with van der Waals surface area (Å²) in [5.41, 5.74) is 0.326. The van der Waals surface area contributed by atoms with E-state index in [1.165, 1.54) is 17.8 Å². The van der Waals surface area contributed by atoms with Crippen molar-refractivity contribution in [3.63, 3.8) is 0 Å². The minimum absolute atomic E-state index is 0.0214. The maximum Gasteiger partial charge on any atom is 0.407 e. The first-order valence-electron chi connectivity index (χ1n) is 9.04. The minimum atomic E-state index is -0.544. The Hall–Kier alpha value is -2.47. The number of hydrogen-bond donors (Lipinski definition) is 2. The normalized spacial score (nSPS) is 15.7. The van der Waals surface area contributed by atoms with Gasteiger partial charge in [0.1, 0.15) is 11.4 Å². The second kappa shape index (κ2) is 9.64. The lowest BCUT2D eigenvalue weighted by Gasteiger charge is -2.35. The van der Waals surface area contributed by atoms with Crippen molar-refractivity contribution in [1.29, 1.82) is 5.26 Å². The van der Waals surface area contributed by atoms with Crippen LogP contribution >= 0.6 is 11.8 Å². The average Bonchev–Trinajstić information content (AvgIpc) is 2.61. The number of alkyl carbamates (subject to hydrolysis) is 1. The fourth-order valence-electron chi connectivity index (χ4n) is 2.91. The van der Waals surface area contributed by atoms with Gasteiger partial charge in [0.25, 0.3) is 0 Å². The van der Waals surface area contributed by atoms with Crippen molar-refractivity contribution >= 4 is 34.4 Å². The van der Waals surface area contributed by atoms with Crippen LogP contribution in [-0.2, 0) is 4.74 Å². The summed E-state index contributed by atoms with van der Waals surface area (Å²) in [6.45, 7) is 6.60. The number of carbonyl (C=O) groups is 1. The number of anilines is 1. The second-order valence-corrected chi connectivity index (χ2v) is 8.17. The van der Waals surface area contributed by atoms with Crippen LogP contribution in [0.4, 0.5) is 20.6 Å². The maximum absolute atomic E-state index is 14.6. The molecular formula is C19H26FN5O2S. The predicted octanol–water partition coefficient (Wildman–Crippen LogP) is 3.74. The molecule has 2 N–H and O–H groups in total. The van der Waals surface area contributed by atoms with Crippen molar-refractivity contribution in [2.45, 2.75) is 45.3 Å². The number of carbonyl (C=O) groups excluding carboxylic acids is 1. The van der Waals surface area contributed by atoms with Crippen LogP contribution in [-0.4, -0.2) is 42.2 Å². The third-order valence-corrected chi connectivity index (χ3v) is 4.66. The largest absolute Gasteiger partial charge is 0.444 e. The number of amides is 1. The van der Waals surface area contributed by atoms with Crippen molar-refractivity contribution in [2.75, 3.05) is 24.2 Å². The first-order valence-corrected chi connectivity index (χ1v) is 10.3. The van der Waals surface area contributed by atoms with E-state index in [0.717, 1.165) is 0 Å². The summed E-state index contributed by atoms with van der Waals surface area (Å²) in [6.07, 6.45) is 4.52. The van der Waals surface area contributed by atoms with E-state index >= 15 is 0 Å². The van der Waals surface area contributed by atoms with Crippen molar-refractivity contribution in [1.82, 2.24) is 10.6 Å². The number of hydrogen-bond acceptors (Lipinski definition) is 6. The van der Waals surface area contributed by atoms with Crippen molar-refractivity contribution in [3.8, 4) is 6.19 Å². The van der Waals surface area contributed by atoms with Crippen LogP contribution in [0, 0.1) is 17.3 Å². The highest BCUT2D eigenvalue weighted by Gasteiger charge is 2.26. The molecule has 1 fully saturated rings. The first kappa shape index (κ1) is 21.8. The Morgan fingerprint density at radius 2 is 2.07 bits per heavy atom. The van der Waals surface area contributed by atoms with Gasteiger partial charge in [-0.3, -0.25) is 5.32 Å². The van der Waals surface area contributed by atoms with Crippen molar-refractivity contribution < 1.29 is 13.9 Å². The lowest BCUT2D eigenvalue weighted by Crippen LogP contribution is -2.46. The summed E-state index contributed by atoms with van der Waals surface area (Å²) in [6, 6.07) is 4.69. The van der Waals surface area contributed by atoms with E-state index in [0.29, 0.717) is 42.5 Å². The molecule has 1 amide bonds. The third kappa shape index (κ3) is 6.30. The van der Waals surface area contributed by atoms with Gasteiger partial charge in [-0.2, -0.15) is 5.26 Å². The van der Waals surface area contributed by atoms with E-state index in [1.54, 1.807) is 18.4 Å². The molecule has 0 atom stereocenters. The van der Waals surface area contributed by atoms with Gasteiger partial charge in [0.15, 0.2) is 11.4 Å². The standard InChI is InChI=1S/C19H26FN5O2S/c1-19(2,3)27-18(26)23-13-8-10-25(11-9-13)16-14(20)6-5-7-15(16)24-17(28-4)22-12-21/h5-7,13H,8-11H2,1-4H3,(H,22,24)(H,23,26). The van der Waals surface area contributed by atoms with Gasteiger partial charge < -0.3 is 15.0 Å². The molecule has 9 heteroatoms. The number of amidine groups is 1. The van der Waals surface area contributed by atoms with E-state index < -0.39 is 11.7 Å². The maximum atomic E-state index is 14.6. The predicted molar refractivity (Wildman–Crippen MR) is 110 cm³/mol. The lowest BCUT2D eigenvalue weighted by atomic mass is 10.0. The molecule has 1 heterocycles. The number of thioether (sulfide) groups is 1. The molecule has 1 aromatic rings. The molecule has 7 nitrogen and oxygen atoms in total. The number of piperidine rings is 1. The van der Waals surface area contributed by atoms with Gasteiger partial charge in [-0.1, -0.05) is 17.8 Å². The van der Waals surface area contributed by atoms with Gasteiger partial charge in [-0.05, 0) is 52.0 Å². The number of rotatable bonds is 3. The van der Waals surface area contributed by atoms with E-state index in [1.807, 2.05) is 31.9 Å². The molecule has 1 aromatic carbocycles. The van der Waals surface area contributed by atoms with Gasteiger partial charge >= 0.3 is 6.09 Å². The highest BCUT2D eigenvalue weighted by molar-refractivity contribution is 8.13. The Morgan fingerprint density at radius 1 is 1.39 bits per heavy atom. The number of benzene rings is 1. The van der Waals surface area contributed by atoms with Crippen LogP contribution in [0.1, 0.15) is 33.6 Å². The molecule has 0 spiro atoms.